The highest BCUT2D eigenvalue weighted by Crippen LogP contribution is 2.20. The highest BCUT2D eigenvalue weighted by molar-refractivity contribution is 5.01. The number of unbranched alkanes of at least 4 members (excludes halogenated alkanes) is 22. The van der Waals surface area contributed by atoms with Gasteiger partial charge in [-0.25, -0.2) is 0 Å². The Morgan fingerprint density at radius 3 is 0.969 bits per heavy atom. The lowest BCUT2D eigenvalue weighted by Gasteiger charge is -2.09. The minimum absolute atomic E-state index is 1.34. The molecule has 0 saturated heterocycles. The Balaban J connectivity index is 3.83. The molecule has 192 valence electrons. The number of hydrogen-bond donors (Lipinski definition) is 0. The molecular formula is C32H64. The molecule has 0 heteroatoms. The Labute approximate surface area is 205 Å². The van der Waals surface area contributed by atoms with Crippen molar-refractivity contribution in [1.29, 1.82) is 0 Å². The monoisotopic (exact) mass is 449 g/mol. The zero-order valence-corrected chi connectivity index (χ0v) is 23.2. The molecule has 0 rings (SSSR count). The summed E-state index contributed by atoms with van der Waals surface area (Å²) in [5.74, 6) is 0. The molecule has 0 unspecified atom stereocenters. The van der Waals surface area contributed by atoms with E-state index in [1.165, 1.54) is 173 Å². The SMILES string of the molecule is CCCCCCCC/C=C(\CCCCCCCC)CCCCCCCCCCCCCC. The summed E-state index contributed by atoms with van der Waals surface area (Å²) in [6, 6.07) is 0. The molecule has 0 aliphatic rings. The Hall–Kier alpha value is -0.260. The van der Waals surface area contributed by atoms with Gasteiger partial charge in [0.25, 0.3) is 0 Å². The van der Waals surface area contributed by atoms with Crippen LogP contribution in [0.2, 0.25) is 0 Å². The number of rotatable bonds is 27. The van der Waals surface area contributed by atoms with E-state index in [0.29, 0.717) is 0 Å². The quantitative estimate of drug-likeness (QED) is 0.0865. The molecule has 0 aromatic rings. The molecule has 0 aromatic heterocycles. The van der Waals surface area contributed by atoms with Gasteiger partial charge in [0.1, 0.15) is 0 Å². The molecular weight excluding hydrogens is 384 g/mol. The van der Waals surface area contributed by atoms with Gasteiger partial charge in [0.15, 0.2) is 0 Å². The van der Waals surface area contributed by atoms with E-state index >= 15 is 0 Å². The minimum atomic E-state index is 1.34. The average Bonchev–Trinajstić information content (AvgIpc) is 2.80. The van der Waals surface area contributed by atoms with Crippen LogP contribution >= 0.6 is 0 Å². The van der Waals surface area contributed by atoms with E-state index in [1.54, 1.807) is 5.57 Å². The Bertz CT molecular complexity index is 353. The third-order valence-corrected chi connectivity index (χ3v) is 7.19. The maximum absolute atomic E-state index is 2.66. The molecule has 0 heterocycles. The van der Waals surface area contributed by atoms with Gasteiger partial charge in [-0.2, -0.15) is 0 Å². The molecule has 0 aliphatic carbocycles. The van der Waals surface area contributed by atoms with Gasteiger partial charge in [-0.05, 0) is 38.5 Å². The molecule has 32 heavy (non-hydrogen) atoms. The van der Waals surface area contributed by atoms with Crippen molar-refractivity contribution < 1.29 is 0 Å². The smallest absolute Gasteiger partial charge is 0.0320 e. The topological polar surface area (TPSA) is 0 Å². The van der Waals surface area contributed by atoms with Gasteiger partial charge in [0.2, 0.25) is 0 Å². The summed E-state index contributed by atoms with van der Waals surface area (Å²) in [6.45, 7) is 6.94. The van der Waals surface area contributed by atoms with Crippen LogP contribution in [0.5, 0.6) is 0 Å². The first-order valence-electron chi connectivity index (χ1n) is 15.5. The van der Waals surface area contributed by atoms with E-state index < -0.39 is 0 Å². The van der Waals surface area contributed by atoms with Crippen LogP contribution in [0.15, 0.2) is 11.6 Å². The highest BCUT2D eigenvalue weighted by atomic mass is 14.1. The average molecular weight is 449 g/mol. The molecule has 0 N–H and O–H groups in total. The van der Waals surface area contributed by atoms with E-state index in [0.717, 1.165) is 0 Å². The second-order valence-electron chi connectivity index (χ2n) is 10.6. The minimum Gasteiger partial charge on any atom is -0.0853 e. The van der Waals surface area contributed by atoms with Gasteiger partial charge >= 0.3 is 0 Å². The molecule has 0 spiro atoms. The fraction of sp³-hybridized carbons (Fsp3) is 0.938. The second kappa shape index (κ2) is 28.8. The van der Waals surface area contributed by atoms with Crippen molar-refractivity contribution in [2.24, 2.45) is 0 Å². The lowest BCUT2D eigenvalue weighted by Crippen LogP contribution is -1.89. The lowest BCUT2D eigenvalue weighted by atomic mass is 9.97. The van der Waals surface area contributed by atoms with Crippen molar-refractivity contribution in [2.75, 3.05) is 0 Å². The molecule has 0 nitrogen and oxygen atoms in total. The molecule has 0 bridgehead atoms. The predicted octanol–water partition coefficient (Wildman–Crippen LogP) is 12.5. The third kappa shape index (κ3) is 26.0. The van der Waals surface area contributed by atoms with Gasteiger partial charge in [0.05, 0.1) is 0 Å². The molecule has 0 aromatic carbocycles. The van der Waals surface area contributed by atoms with Crippen LogP contribution in [0.3, 0.4) is 0 Å². The van der Waals surface area contributed by atoms with Gasteiger partial charge < -0.3 is 0 Å². The fourth-order valence-corrected chi connectivity index (χ4v) is 4.89. The molecule has 0 amide bonds. The maximum atomic E-state index is 2.66. The van der Waals surface area contributed by atoms with Gasteiger partial charge in [0, 0.05) is 0 Å². The standard InChI is InChI=1S/C32H64/c1-4-7-10-13-16-17-18-19-20-22-25-28-31-32(29-26-23-15-12-9-6-3)30-27-24-21-14-11-8-5-2/h30H,4-29,31H2,1-3H3/b32-30+. The first-order valence-corrected chi connectivity index (χ1v) is 15.5. The summed E-state index contributed by atoms with van der Waals surface area (Å²) in [4.78, 5) is 0. The Morgan fingerprint density at radius 1 is 0.344 bits per heavy atom. The summed E-state index contributed by atoms with van der Waals surface area (Å²) >= 11 is 0. The summed E-state index contributed by atoms with van der Waals surface area (Å²) in [5.41, 5.74) is 1.81. The summed E-state index contributed by atoms with van der Waals surface area (Å²) in [6.07, 6.45) is 41.4. The van der Waals surface area contributed by atoms with Gasteiger partial charge in [-0.1, -0.05) is 167 Å². The van der Waals surface area contributed by atoms with Gasteiger partial charge in [-0.15, -0.1) is 0 Å². The zero-order valence-electron chi connectivity index (χ0n) is 23.2. The van der Waals surface area contributed by atoms with Crippen molar-refractivity contribution in [2.45, 2.75) is 194 Å². The number of allylic oxidation sites excluding steroid dienone is 2. The van der Waals surface area contributed by atoms with Crippen molar-refractivity contribution in [1.82, 2.24) is 0 Å². The van der Waals surface area contributed by atoms with Crippen molar-refractivity contribution in [3.05, 3.63) is 11.6 Å². The predicted molar refractivity (Wildman–Crippen MR) is 150 cm³/mol. The van der Waals surface area contributed by atoms with Crippen LogP contribution in [0.4, 0.5) is 0 Å². The maximum Gasteiger partial charge on any atom is -0.0320 e. The Morgan fingerprint density at radius 2 is 0.625 bits per heavy atom. The second-order valence-corrected chi connectivity index (χ2v) is 10.6. The van der Waals surface area contributed by atoms with E-state index in [9.17, 15) is 0 Å². The van der Waals surface area contributed by atoms with Crippen molar-refractivity contribution >= 4 is 0 Å². The first kappa shape index (κ1) is 31.7. The molecule has 0 saturated carbocycles. The Kier molecular flexibility index (Phi) is 28.5. The van der Waals surface area contributed by atoms with Crippen LogP contribution in [0.1, 0.15) is 194 Å². The molecule has 0 atom stereocenters. The summed E-state index contributed by atoms with van der Waals surface area (Å²) in [7, 11) is 0. The van der Waals surface area contributed by atoms with Crippen LogP contribution < -0.4 is 0 Å². The molecule has 0 radical (unpaired) electrons. The largest absolute Gasteiger partial charge is 0.0853 e. The summed E-state index contributed by atoms with van der Waals surface area (Å²) in [5, 5.41) is 0. The number of hydrogen-bond acceptors (Lipinski definition) is 0. The fourth-order valence-electron chi connectivity index (χ4n) is 4.89. The normalized spacial score (nSPS) is 12.0. The van der Waals surface area contributed by atoms with Crippen LogP contribution in [0, 0.1) is 0 Å². The highest BCUT2D eigenvalue weighted by Gasteiger charge is 2.00. The van der Waals surface area contributed by atoms with Crippen LogP contribution in [0.25, 0.3) is 0 Å². The van der Waals surface area contributed by atoms with E-state index in [2.05, 4.69) is 26.8 Å². The van der Waals surface area contributed by atoms with Crippen molar-refractivity contribution in [3.8, 4) is 0 Å². The van der Waals surface area contributed by atoms with Crippen molar-refractivity contribution in [3.63, 3.8) is 0 Å². The molecule has 0 aliphatic heterocycles. The van der Waals surface area contributed by atoms with E-state index in [1.807, 2.05) is 0 Å². The van der Waals surface area contributed by atoms with Crippen LogP contribution in [-0.4, -0.2) is 0 Å². The lowest BCUT2D eigenvalue weighted by molar-refractivity contribution is 0.541. The van der Waals surface area contributed by atoms with Gasteiger partial charge in [-0.3, -0.25) is 0 Å². The third-order valence-electron chi connectivity index (χ3n) is 7.19. The van der Waals surface area contributed by atoms with E-state index in [4.69, 9.17) is 0 Å². The zero-order chi connectivity index (χ0) is 23.4. The summed E-state index contributed by atoms with van der Waals surface area (Å²) < 4.78 is 0. The van der Waals surface area contributed by atoms with E-state index in [-0.39, 0.29) is 0 Å². The first-order chi connectivity index (χ1) is 15.8. The molecule has 0 fully saturated rings. The van der Waals surface area contributed by atoms with Crippen LogP contribution in [-0.2, 0) is 0 Å².